The normalized spacial score (nSPS) is 15.1. The first kappa shape index (κ1) is 21.8. The summed E-state index contributed by atoms with van der Waals surface area (Å²) in [5.74, 6) is 1.39. The summed E-state index contributed by atoms with van der Waals surface area (Å²) >= 11 is 0. The number of anilines is 1. The topological polar surface area (TPSA) is 116 Å². The van der Waals surface area contributed by atoms with Crippen molar-refractivity contribution in [1.29, 1.82) is 0 Å². The Labute approximate surface area is 197 Å². The van der Waals surface area contributed by atoms with Gasteiger partial charge in [0, 0.05) is 43.8 Å². The Morgan fingerprint density at radius 1 is 1.12 bits per heavy atom. The van der Waals surface area contributed by atoms with Gasteiger partial charge in [-0.15, -0.1) is 0 Å². The number of aromatic nitrogens is 5. The Bertz CT molecular complexity index is 1300. The highest BCUT2D eigenvalue weighted by atomic mass is 16.3. The minimum atomic E-state index is -0.342. The molecule has 1 amide bonds. The SMILES string of the molecule is CN(C)C(=O)Cn1cc(-c2coc([C@](C)(c3ccc(-c4cnc(N)nc4)cc3)C3CC3)n2)cn1. The van der Waals surface area contributed by atoms with Crippen LogP contribution in [-0.2, 0) is 16.8 Å². The summed E-state index contributed by atoms with van der Waals surface area (Å²) in [4.78, 5) is 26.6. The molecule has 4 aromatic rings. The first-order chi connectivity index (χ1) is 16.3. The molecule has 9 nitrogen and oxygen atoms in total. The number of nitrogens with two attached hydrogens (primary N) is 1. The molecule has 9 heteroatoms. The van der Waals surface area contributed by atoms with Crippen LogP contribution in [0.15, 0.2) is 59.7 Å². The Kier molecular flexibility index (Phi) is 5.39. The van der Waals surface area contributed by atoms with E-state index in [2.05, 4.69) is 46.3 Å². The minimum Gasteiger partial charge on any atom is -0.447 e. The summed E-state index contributed by atoms with van der Waals surface area (Å²) in [6.45, 7) is 2.38. The molecular weight excluding hydrogens is 430 g/mol. The highest BCUT2D eigenvalue weighted by Gasteiger charge is 2.47. The number of carbonyl (C=O) groups excluding carboxylic acids is 1. The maximum atomic E-state index is 12.0. The third-order valence-electron chi connectivity index (χ3n) is 6.56. The third kappa shape index (κ3) is 4.05. The molecule has 5 rings (SSSR count). The molecule has 1 atom stereocenters. The van der Waals surface area contributed by atoms with Gasteiger partial charge in [0.1, 0.15) is 18.5 Å². The number of hydrogen-bond donors (Lipinski definition) is 1. The summed E-state index contributed by atoms with van der Waals surface area (Å²) in [5.41, 5.74) is 9.88. The Balaban J connectivity index is 1.41. The first-order valence-electron chi connectivity index (χ1n) is 11.2. The average molecular weight is 458 g/mol. The van der Waals surface area contributed by atoms with Crippen LogP contribution >= 0.6 is 0 Å². The number of nitrogen functional groups attached to an aromatic ring is 1. The number of oxazole rings is 1. The molecule has 1 aliphatic rings. The molecule has 0 saturated heterocycles. The lowest BCUT2D eigenvalue weighted by molar-refractivity contribution is -0.129. The fourth-order valence-electron chi connectivity index (χ4n) is 4.20. The summed E-state index contributed by atoms with van der Waals surface area (Å²) in [7, 11) is 3.46. The fourth-order valence-corrected chi connectivity index (χ4v) is 4.20. The van der Waals surface area contributed by atoms with Crippen molar-refractivity contribution in [2.45, 2.75) is 31.7 Å². The van der Waals surface area contributed by atoms with E-state index in [-0.39, 0.29) is 23.8 Å². The van der Waals surface area contributed by atoms with Gasteiger partial charge >= 0.3 is 0 Å². The van der Waals surface area contributed by atoms with Crippen LogP contribution in [0.4, 0.5) is 5.95 Å². The number of nitrogens with zero attached hydrogens (tertiary/aromatic N) is 6. The Morgan fingerprint density at radius 2 is 1.82 bits per heavy atom. The molecule has 34 heavy (non-hydrogen) atoms. The van der Waals surface area contributed by atoms with Gasteiger partial charge in [0.25, 0.3) is 0 Å². The van der Waals surface area contributed by atoms with Crippen LogP contribution in [0.25, 0.3) is 22.4 Å². The monoisotopic (exact) mass is 457 g/mol. The second-order valence-electron chi connectivity index (χ2n) is 9.14. The zero-order valence-corrected chi connectivity index (χ0v) is 19.5. The number of likely N-dealkylation sites (N-methyl/N-ethyl adjacent to an activating group) is 1. The number of carbonyl (C=O) groups is 1. The molecule has 1 saturated carbocycles. The summed E-state index contributed by atoms with van der Waals surface area (Å²) in [6.07, 6.45) is 10.9. The minimum absolute atomic E-state index is 0.0224. The fraction of sp³-hybridized carbons (Fsp3) is 0.320. The van der Waals surface area contributed by atoms with Crippen LogP contribution in [0.3, 0.4) is 0 Å². The van der Waals surface area contributed by atoms with Gasteiger partial charge in [-0.25, -0.2) is 15.0 Å². The highest BCUT2D eigenvalue weighted by Crippen LogP contribution is 2.51. The lowest BCUT2D eigenvalue weighted by Gasteiger charge is -2.27. The van der Waals surface area contributed by atoms with Crippen molar-refractivity contribution in [3.8, 4) is 22.4 Å². The van der Waals surface area contributed by atoms with Crippen molar-refractivity contribution in [1.82, 2.24) is 29.6 Å². The van der Waals surface area contributed by atoms with E-state index in [1.165, 1.54) is 0 Å². The van der Waals surface area contributed by atoms with Crippen molar-refractivity contribution < 1.29 is 9.21 Å². The number of rotatable bonds is 7. The summed E-state index contributed by atoms with van der Waals surface area (Å²) in [6, 6.07) is 8.39. The molecular formula is C25H27N7O2. The second kappa shape index (κ2) is 8.40. The van der Waals surface area contributed by atoms with E-state index >= 15 is 0 Å². The lowest BCUT2D eigenvalue weighted by atomic mass is 9.77. The highest BCUT2D eigenvalue weighted by molar-refractivity contribution is 5.75. The van der Waals surface area contributed by atoms with Gasteiger partial charge in [0.15, 0.2) is 0 Å². The average Bonchev–Trinajstić information content (AvgIpc) is 3.39. The predicted octanol–water partition coefficient (Wildman–Crippen LogP) is 3.38. The largest absolute Gasteiger partial charge is 0.447 e. The van der Waals surface area contributed by atoms with Gasteiger partial charge in [0.2, 0.25) is 17.7 Å². The predicted molar refractivity (Wildman–Crippen MR) is 127 cm³/mol. The second-order valence-corrected chi connectivity index (χ2v) is 9.14. The van der Waals surface area contributed by atoms with Crippen LogP contribution in [0, 0.1) is 5.92 Å². The van der Waals surface area contributed by atoms with E-state index in [9.17, 15) is 4.79 Å². The number of benzene rings is 1. The molecule has 3 heterocycles. The van der Waals surface area contributed by atoms with Crippen molar-refractivity contribution in [3.63, 3.8) is 0 Å². The van der Waals surface area contributed by atoms with Crippen LogP contribution in [0.1, 0.15) is 31.2 Å². The van der Waals surface area contributed by atoms with Crippen LogP contribution in [-0.4, -0.2) is 49.6 Å². The zero-order chi connectivity index (χ0) is 23.9. The Hall–Kier alpha value is -4.01. The summed E-state index contributed by atoms with van der Waals surface area (Å²) in [5, 5.41) is 4.31. The Morgan fingerprint density at radius 3 is 2.47 bits per heavy atom. The quantitative estimate of drug-likeness (QED) is 0.452. The van der Waals surface area contributed by atoms with Crippen LogP contribution in [0.2, 0.25) is 0 Å². The molecule has 0 bridgehead atoms. The number of hydrogen-bond acceptors (Lipinski definition) is 7. The van der Waals surface area contributed by atoms with E-state index in [4.69, 9.17) is 15.1 Å². The molecule has 1 fully saturated rings. The molecule has 0 unspecified atom stereocenters. The van der Waals surface area contributed by atoms with Gasteiger partial charge in [-0.2, -0.15) is 5.10 Å². The van der Waals surface area contributed by atoms with Crippen molar-refractivity contribution in [2.24, 2.45) is 5.92 Å². The molecule has 174 valence electrons. The molecule has 0 radical (unpaired) electrons. The zero-order valence-electron chi connectivity index (χ0n) is 19.5. The van der Waals surface area contributed by atoms with E-state index in [0.29, 0.717) is 17.5 Å². The smallest absolute Gasteiger partial charge is 0.243 e. The van der Waals surface area contributed by atoms with Crippen LogP contribution < -0.4 is 5.73 Å². The summed E-state index contributed by atoms with van der Waals surface area (Å²) < 4.78 is 7.66. The van der Waals surface area contributed by atoms with Gasteiger partial charge in [0.05, 0.1) is 11.6 Å². The standard InChI is InChI=1S/C25H27N7O2/c1-25(20-8-9-20,19-6-4-16(5-7-19)17-10-27-24(26)28-11-17)23-30-21(15-34-23)18-12-29-32(13-18)14-22(33)31(2)3/h4-7,10-13,15,20H,8-9,14H2,1-3H3,(H2,26,27,28)/t25-/m1/s1. The van der Waals surface area contributed by atoms with Crippen molar-refractivity contribution in [2.75, 3.05) is 19.8 Å². The molecule has 2 N–H and O–H groups in total. The van der Waals surface area contributed by atoms with Gasteiger partial charge in [-0.3, -0.25) is 9.48 Å². The van der Waals surface area contributed by atoms with Gasteiger partial charge < -0.3 is 15.1 Å². The molecule has 1 aliphatic carbocycles. The third-order valence-corrected chi connectivity index (χ3v) is 6.56. The van der Waals surface area contributed by atoms with Crippen LogP contribution in [0.5, 0.6) is 0 Å². The van der Waals surface area contributed by atoms with Crippen molar-refractivity contribution >= 4 is 11.9 Å². The maximum absolute atomic E-state index is 12.0. The van der Waals surface area contributed by atoms with Crippen molar-refractivity contribution in [3.05, 3.63) is 66.8 Å². The van der Waals surface area contributed by atoms with Gasteiger partial charge in [-0.1, -0.05) is 24.3 Å². The molecule has 0 aliphatic heterocycles. The van der Waals surface area contributed by atoms with E-state index in [0.717, 1.165) is 35.1 Å². The van der Waals surface area contributed by atoms with E-state index in [1.807, 2.05) is 6.20 Å². The van der Waals surface area contributed by atoms with Gasteiger partial charge in [-0.05, 0) is 36.8 Å². The molecule has 1 aromatic carbocycles. The first-order valence-corrected chi connectivity index (χ1v) is 11.2. The lowest BCUT2D eigenvalue weighted by Crippen LogP contribution is -2.26. The number of amides is 1. The van der Waals surface area contributed by atoms with E-state index < -0.39 is 0 Å². The van der Waals surface area contributed by atoms with E-state index in [1.54, 1.807) is 48.5 Å². The molecule has 0 spiro atoms. The maximum Gasteiger partial charge on any atom is 0.243 e. The molecule has 3 aromatic heterocycles.